The van der Waals surface area contributed by atoms with Crippen LogP contribution in [0.3, 0.4) is 0 Å². The summed E-state index contributed by atoms with van der Waals surface area (Å²) in [6, 6.07) is 3.31. The molecule has 1 saturated heterocycles. The number of rotatable bonds is 7. The summed E-state index contributed by atoms with van der Waals surface area (Å²) in [5.74, 6) is 0.650. The molecule has 1 aliphatic rings. The summed E-state index contributed by atoms with van der Waals surface area (Å²) in [4.78, 5) is 2.00. The van der Waals surface area contributed by atoms with E-state index in [4.69, 9.17) is 4.42 Å². The third-order valence-corrected chi connectivity index (χ3v) is 5.25. The van der Waals surface area contributed by atoms with Crippen LogP contribution in [0.5, 0.6) is 0 Å². The molecule has 5 nitrogen and oxygen atoms in total. The molecular formula is C14H21NO4S. The van der Waals surface area contributed by atoms with Crippen molar-refractivity contribution in [1.82, 2.24) is 4.90 Å². The van der Waals surface area contributed by atoms with E-state index in [1.54, 1.807) is 12.3 Å². The topological polar surface area (TPSA) is 70.8 Å². The Morgan fingerprint density at radius 3 is 2.85 bits per heavy atom. The molecule has 0 bridgehead atoms. The number of sulfone groups is 1. The van der Waals surface area contributed by atoms with E-state index >= 15 is 0 Å². The lowest BCUT2D eigenvalue weighted by Gasteiger charge is -2.29. The van der Waals surface area contributed by atoms with Crippen molar-refractivity contribution in [2.45, 2.75) is 31.5 Å². The fourth-order valence-corrected chi connectivity index (χ4v) is 4.39. The Labute approximate surface area is 119 Å². The average Bonchev–Trinajstić information content (AvgIpc) is 2.96. The van der Waals surface area contributed by atoms with E-state index in [0.717, 1.165) is 18.6 Å². The fraction of sp³-hybridized carbons (Fsp3) is 0.571. The first kappa shape index (κ1) is 15.3. The minimum Gasteiger partial charge on any atom is -0.468 e. The van der Waals surface area contributed by atoms with Crippen LogP contribution in [0.2, 0.25) is 0 Å². The molecule has 2 atom stereocenters. The van der Waals surface area contributed by atoms with Gasteiger partial charge in [0.25, 0.3) is 0 Å². The van der Waals surface area contributed by atoms with Crippen molar-refractivity contribution in [2.24, 2.45) is 0 Å². The van der Waals surface area contributed by atoms with Crippen LogP contribution >= 0.6 is 0 Å². The molecule has 0 aromatic carbocycles. The summed E-state index contributed by atoms with van der Waals surface area (Å²) >= 11 is 0. The van der Waals surface area contributed by atoms with Crippen molar-refractivity contribution >= 4 is 9.84 Å². The zero-order valence-electron chi connectivity index (χ0n) is 11.4. The maximum Gasteiger partial charge on any atom is 0.154 e. The van der Waals surface area contributed by atoms with Gasteiger partial charge in [0.05, 0.1) is 36.5 Å². The smallest absolute Gasteiger partial charge is 0.154 e. The van der Waals surface area contributed by atoms with E-state index < -0.39 is 15.9 Å². The Morgan fingerprint density at radius 1 is 1.50 bits per heavy atom. The van der Waals surface area contributed by atoms with Gasteiger partial charge in [-0.15, -0.1) is 6.58 Å². The maximum absolute atomic E-state index is 11.7. The number of aliphatic hydroxyl groups is 1. The zero-order chi connectivity index (χ0) is 14.6. The van der Waals surface area contributed by atoms with E-state index in [1.807, 2.05) is 17.0 Å². The molecule has 2 rings (SSSR count). The van der Waals surface area contributed by atoms with Crippen molar-refractivity contribution in [3.05, 3.63) is 36.8 Å². The van der Waals surface area contributed by atoms with E-state index in [9.17, 15) is 13.5 Å². The Bertz CT molecular complexity index is 523. The van der Waals surface area contributed by atoms with Gasteiger partial charge >= 0.3 is 0 Å². The standard InChI is InChI=1S/C14H21NO4S/c1-2-3-4-7-15(9-12-6-5-8-19-12)13-10-20(17,18)11-14(13)16/h2,5-6,8,13-14,16H,1,3-4,7,9-11H2. The SMILES string of the molecule is C=CCCCN(Cc1ccco1)C1CS(=O)(=O)CC1O. The second-order valence-corrected chi connectivity index (χ2v) is 7.35. The van der Waals surface area contributed by atoms with Crippen LogP contribution in [0.25, 0.3) is 0 Å². The fourth-order valence-electron chi connectivity index (χ4n) is 2.56. The molecule has 1 aromatic heterocycles. The highest BCUT2D eigenvalue weighted by atomic mass is 32.2. The van der Waals surface area contributed by atoms with Crippen molar-refractivity contribution in [2.75, 3.05) is 18.1 Å². The monoisotopic (exact) mass is 299 g/mol. The van der Waals surface area contributed by atoms with Crippen LogP contribution in [0.1, 0.15) is 18.6 Å². The minimum absolute atomic E-state index is 0.0168. The largest absolute Gasteiger partial charge is 0.468 e. The van der Waals surface area contributed by atoms with E-state index in [2.05, 4.69) is 6.58 Å². The lowest BCUT2D eigenvalue weighted by Crippen LogP contribution is -2.43. The average molecular weight is 299 g/mol. The third-order valence-electron chi connectivity index (χ3n) is 3.56. The van der Waals surface area contributed by atoms with Crippen molar-refractivity contribution in [3.8, 4) is 0 Å². The van der Waals surface area contributed by atoms with Gasteiger partial charge in [-0.3, -0.25) is 4.90 Å². The molecule has 2 heterocycles. The van der Waals surface area contributed by atoms with Gasteiger partial charge < -0.3 is 9.52 Å². The molecule has 0 saturated carbocycles. The lowest BCUT2D eigenvalue weighted by molar-refractivity contribution is 0.0731. The van der Waals surface area contributed by atoms with Crippen LogP contribution in [0.4, 0.5) is 0 Å². The summed E-state index contributed by atoms with van der Waals surface area (Å²) < 4.78 is 28.6. The molecule has 6 heteroatoms. The molecule has 0 amide bonds. The summed E-state index contributed by atoms with van der Waals surface area (Å²) in [6.07, 6.45) is 4.36. The molecular weight excluding hydrogens is 278 g/mol. The molecule has 0 radical (unpaired) electrons. The minimum atomic E-state index is -3.14. The van der Waals surface area contributed by atoms with E-state index in [1.165, 1.54) is 0 Å². The summed E-state index contributed by atoms with van der Waals surface area (Å²) in [5, 5.41) is 10.0. The Hall–Kier alpha value is -1.11. The van der Waals surface area contributed by atoms with Gasteiger partial charge in [0.1, 0.15) is 5.76 Å². The van der Waals surface area contributed by atoms with Gasteiger partial charge in [-0.1, -0.05) is 6.08 Å². The molecule has 1 fully saturated rings. The molecule has 1 aromatic rings. The predicted octanol–water partition coefficient (Wildman–Crippen LogP) is 1.21. The van der Waals surface area contributed by atoms with Gasteiger partial charge in [0, 0.05) is 0 Å². The third kappa shape index (κ3) is 3.94. The van der Waals surface area contributed by atoms with Gasteiger partial charge in [0.15, 0.2) is 9.84 Å². The number of furan rings is 1. The second kappa shape index (κ2) is 6.56. The van der Waals surface area contributed by atoms with Crippen molar-refractivity contribution in [1.29, 1.82) is 0 Å². The number of allylic oxidation sites excluding steroid dienone is 1. The molecule has 20 heavy (non-hydrogen) atoms. The Morgan fingerprint density at radius 2 is 2.30 bits per heavy atom. The van der Waals surface area contributed by atoms with Crippen LogP contribution in [-0.4, -0.2) is 48.6 Å². The highest BCUT2D eigenvalue weighted by Crippen LogP contribution is 2.21. The zero-order valence-corrected chi connectivity index (χ0v) is 12.3. The Kier molecular flexibility index (Phi) is 5.01. The van der Waals surface area contributed by atoms with Crippen molar-refractivity contribution < 1.29 is 17.9 Å². The quantitative estimate of drug-likeness (QED) is 0.605. The molecule has 112 valence electrons. The first-order valence-electron chi connectivity index (χ1n) is 6.77. The molecule has 0 spiro atoms. The first-order chi connectivity index (χ1) is 9.52. The normalized spacial score (nSPS) is 25.1. The number of hydrogen-bond acceptors (Lipinski definition) is 5. The summed E-state index contributed by atoms with van der Waals surface area (Å²) in [5.41, 5.74) is 0. The number of hydrogen-bond donors (Lipinski definition) is 1. The van der Waals surface area contributed by atoms with Gasteiger partial charge in [-0.2, -0.15) is 0 Å². The number of aliphatic hydroxyl groups excluding tert-OH is 1. The van der Waals surface area contributed by atoms with Gasteiger partial charge in [-0.25, -0.2) is 8.42 Å². The highest BCUT2D eigenvalue weighted by molar-refractivity contribution is 7.91. The molecule has 2 unspecified atom stereocenters. The van der Waals surface area contributed by atoms with Crippen molar-refractivity contribution in [3.63, 3.8) is 0 Å². The predicted molar refractivity (Wildman–Crippen MR) is 77.0 cm³/mol. The first-order valence-corrected chi connectivity index (χ1v) is 8.60. The van der Waals surface area contributed by atoms with Crippen LogP contribution in [-0.2, 0) is 16.4 Å². The van der Waals surface area contributed by atoms with E-state index in [0.29, 0.717) is 13.1 Å². The summed E-state index contributed by atoms with van der Waals surface area (Å²) in [6.45, 7) is 4.91. The maximum atomic E-state index is 11.7. The van der Waals surface area contributed by atoms with Crippen LogP contribution in [0, 0.1) is 0 Å². The number of unbranched alkanes of at least 4 members (excludes halogenated alkanes) is 1. The molecule has 1 N–H and O–H groups in total. The summed E-state index contributed by atoms with van der Waals surface area (Å²) in [7, 11) is -3.14. The van der Waals surface area contributed by atoms with Gasteiger partial charge in [-0.05, 0) is 31.5 Å². The lowest BCUT2D eigenvalue weighted by atomic mass is 10.1. The molecule has 0 aliphatic carbocycles. The van der Waals surface area contributed by atoms with Gasteiger partial charge in [0.2, 0.25) is 0 Å². The molecule has 1 aliphatic heterocycles. The van der Waals surface area contributed by atoms with Crippen LogP contribution < -0.4 is 0 Å². The van der Waals surface area contributed by atoms with E-state index in [-0.39, 0.29) is 17.5 Å². The Balaban J connectivity index is 2.07. The highest BCUT2D eigenvalue weighted by Gasteiger charge is 2.39. The number of nitrogens with zero attached hydrogens (tertiary/aromatic N) is 1. The van der Waals surface area contributed by atoms with Crippen LogP contribution in [0.15, 0.2) is 35.5 Å². The second-order valence-electron chi connectivity index (χ2n) is 5.19.